The van der Waals surface area contributed by atoms with Gasteiger partial charge in [0, 0.05) is 50.2 Å². The molecule has 0 aliphatic carbocycles. The molecule has 1 aromatic carbocycles. The van der Waals surface area contributed by atoms with Gasteiger partial charge < -0.3 is 19.5 Å². The molecule has 1 unspecified atom stereocenters. The molecule has 4 rings (SSSR count). The summed E-state index contributed by atoms with van der Waals surface area (Å²) in [7, 11) is 0. The number of carboxylic acid groups (broad SMARTS) is 2. The number of carbonyl (C=O) groups excluding carboxylic acids is 2. The van der Waals surface area contributed by atoms with Crippen molar-refractivity contribution >= 4 is 46.8 Å². The maximum absolute atomic E-state index is 13.1. The lowest BCUT2D eigenvalue weighted by Gasteiger charge is -2.37. The number of rotatable bonds is 6. The van der Waals surface area contributed by atoms with Crippen LogP contribution in [0.2, 0.25) is 10.0 Å². The van der Waals surface area contributed by atoms with Crippen LogP contribution >= 0.6 is 23.2 Å². The third kappa shape index (κ3) is 7.42. The number of nitrogens with zero attached hydrogens (tertiary/aromatic N) is 2. The Morgan fingerprint density at radius 1 is 1.03 bits per heavy atom. The largest absolute Gasteiger partial charge is 0.478 e. The van der Waals surface area contributed by atoms with Gasteiger partial charge in [-0.1, -0.05) is 29.3 Å². The normalized spacial score (nSPS) is 17.7. The lowest BCUT2D eigenvalue weighted by atomic mass is 9.97. The van der Waals surface area contributed by atoms with E-state index in [4.69, 9.17) is 37.8 Å². The van der Waals surface area contributed by atoms with Crippen LogP contribution in [0.25, 0.3) is 0 Å². The number of aliphatic carboxylic acids is 2. The van der Waals surface area contributed by atoms with Gasteiger partial charge in [0.2, 0.25) is 5.91 Å². The van der Waals surface area contributed by atoms with Gasteiger partial charge in [0.15, 0.2) is 0 Å². The first-order valence-electron chi connectivity index (χ1n) is 10.8. The Kier molecular flexibility index (Phi) is 9.08. The van der Waals surface area contributed by atoms with Gasteiger partial charge in [-0.2, -0.15) is 0 Å². The van der Waals surface area contributed by atoms with Crippen molar-refractivity contribution in [3.05, 3.63) is 69.6 Å². The number of Topliss-reactive ketones (excluding diaryl/α,β-unsaturated/α-hetero) is 1. The van der Waals surface area contributed by atoms with Gasteiger partial charge in [-0.3, -0.25) is 14.5 Å². The molecular formula is C24H24Cl2N2O7. The van der Waals surface area contributed by atoms with E-state index in [9.17, 15) is 19.2 Å². The molecule has 9 nitrogen and oxygen atoms in total. The highest BCUT2D eigenvalue weighted by molar-refractivity contribution is 6.42. The van der Waals surface area contributed by atoms with Gasteiger partial charge in [-0.25, -0.2) is 9.59 Å². The Morgan fingerprint density at radius 3 is 2.34 bits per heavy atom. The molecule has 11 heteroatoms. The van der Waals surface area contributed by atoms with Crippen molar-refractivity contribution < 1.29 is 33.8 Å². The van der Waals surface area contributed by atoms with Crippen molar-refractivity contribution in [1.82, 2.24) is 9.80 Å². The van der Waals surface area contributed by atoms with Gasteiger partial charge in [0.05, 0.1) is 35.3 Å². The van der Waals surface area contributed by atoms with E-state index < -0.39 is 11.9 Å². The van der Waals surface area contributed by atoms with Crippen LogP contribution < -0.4 is 0 Å². The zero-order valence-corrected chi connectivity index (χ0v) is 20.2. The highest BCUT2D eigenvalue weighted by atomic mass is 35.5. The van der Waals surface area contributed by atoms with E-state index in [1.165, 1.54) is 0 Å². The van der Waals surface area contributed by atoms with Crippen LogP contribution in [0, 0.1) is 0 Å². The second-order valence-electron chi connectivity index (χ2n) is 8.11. The molecule has 2 N–H and O–H groups in total. The summed E-state index contributed by atoms with van der Waals surface area (Å²) in [5.74, 6) is -1.29. The Bertz CT molecular complexity index is 1130. The second kappa shape index (κ2) is 12.0. The van der Waals surface area contributed by atoms with Crippen molar-refractivity contribution in [2.45, 2.75) is 25.3 Å². The lowest BCUT2D eigenvalue weighted by molar-refractivity contribution is -0.134. The molecule has 1 saturated heterocycles. The molecule has 2 aromatic rings. The number of furan rings is 1. The Morgan fingerprint density at radius 2 is 1.74 bits per heavy atom. The maximum Gasteiger partial charge on any atom is 0.328 e. The molecule has 1 fully saturated rings. The summed E-state index contributed by atoms with van der Waals surface area (Å²) in [4.78, 5) is 47.9. The molecule has 1 amide bonds. The minimum atomic E-state index is -1.26. The molecule has 0 bridgehead atoms. The molecule has 186 valence electrons. The highest BCUT2D eigenvalue weighted by Crippen LogP contribution is 2.33. The number of ketones is 1. The fourth-order valence-electron chi connectivity index (χ4n) is 4.05. The van der Waals surface area contributed by atoms with Gasteiger partial charge in [0.1, 0.15) is 11.5 Å². The van der Waals surface area contributed by atoms with Crippen LogP contribution in [0.1, 0.15) is 29.3 Å². The summed E-state index contributed by atoms with van der Waals surface area (Å²) in [5, 5.41) is 16.6. The van der Waals surface area contributed by atoms with E-state index in [1.807, 2.05) is 17.0 Å². The predicted octanol–water partition coefficient (Wildman–Crippen LogP) is 3.24. The first-order valence-corrected chi connectivity index (χ1v) is 11.6. The number of carbonyl (C=O) groups is 4. The molecule has 0 radical (unpaired) electrons. The molecule has 0 spiro atoms. The fourth-order valence-corrected chi connectivity index (χ4v) is 4.37. The Labute approximate surface area is 211 Å². The number of benzene rings is 1. The number of amides is 1. The molecule has 3 heterocycles. The van der Waals surface area contributed by atoms with Crippen LogP contribution in [-0.2, 0) is 32.0 Å². The van der Waals surface area contributed by atoms with Gasteiger partial charge in [-0.05, 0) is 23.8 Å². The maximum atomic E-state index is 13.1. The van der Waals surface area contributed by atoms with Crippen LogP contribution in [0.3, 0.4) is 0 Å². The monoisotopic (exact) mass is 522 g/mol. The third-order valence-corrected chi connectivity index (χ3v) is 6.40. The van der Waals surface area contributed by atoms with Crippen molar-refractivity contribution in [3.8, 4) is 0 Å². The summed E-state index contributed by atoms with van der Waals surface area (Å²) in [6, 6.07) is 7.12. The van der Waals surface area contributed by atoms with E-state index in [0.717, 1.165) is 23.4 Å². The average molecular weight is 523 g/mol. The fraction of sp³-hybridized carbons (Fsp3) is 0.333. The zero-order valence-electron chi connectivity index (χ0n) is 18.7. The van der Waals surface area contributed by atoms with Gasteiger partial charge >= 0.3 is 11.9 Å². The number of hydrogen-bond donors (Lipinski definition) is 2. The highest BCUT2D eigenvalue weighted by Gasteiger charge is 2.35. The molecule has 2 aliphatic heterocycles. The summed E-state index contributed by atoms with van der Waals surface area (Å²) in [6.45, 7) is 2.45. The number of likely N-dealkylation sites (tertiary alicyclic amines) is 1. The van der Waals surface area contributed by atoms with Crippen molar-refractivity contribution in [2.75, 3.05) is 26.2 Å². The summed E-state index contributed by atoms with van der Waals surface area (Å²) >= 11 is 12.1. The molecule has 35 heavy (non-hydrogen) atoms. The van der Waals surface area contributed by atoms with Crippen LogP contribution in [0.15, 0.2) is 47.1 Å². The number of fused-ring (bicyclic) bond motifs is 1. The smallest absolute Gasteiger partial charge is 0.328 e. The summed E-state index contributed by atoms with van der Waals surface area (Å²) in [6.07, 6.45) is 4.34. The van der Waals surface area contributed by atoms with E-state index in [1.54, 1.807) is 18.4 Å². The van der Waals surface area contributed by atoms with Crippen molar-refractivity contribution in [3.63, 3.8) is 0 Å². The molecule has 0 saturated carbocycles. The number of hydrogen-bond acceptors (Lipinski definition) is 6. The van der Waals surface area contributed by atoms with Crippen LogP contribution in [0.5, 0.6) is 0 Å². The quantitative estimate of drug-likeness (QED) is 0.553. The SMILES string of the molecule is O=C(O)/C=C/C(=O)O.O=C1CCN(CC2c3ccoc3CCN2C(=O)Cc2ccc(Cl)c(Cl)c2)C1. The molecule has 1 aromatic heterocycles. The summed E-state index contributed by atoms with van der Waals surface area (Å²) < 4.78 is 5.59. The van der Waals surface area contributed by atoms with Crippen molar-refractivity contribution in [2.24, 2.45) is 0 Å². The van der Waals surface area contributed by atoms with E-state index in [0.29, 0.717) is 54.7 Å². The van der Waals surface area contributed by atoms with Crippen LogP contribution in [-0.4, -0.2) is 69.8 Å². The van der Waals surface area contributed by atoms with E-state index >= 15 is 0 Å². The van der Waals surface area contributed by atoms with Crippen molar-refractivity contribution in [1.29, 1.82) is 0 Å². The van der Waals surface area contributed by atoms with Gasteiger partial charge in [0.25, 0.3) is 0 Å². The third-order valence-electron chi connectivity index (χ3n) is 5.66. The Hall–Kier alpha value is -3.14. The second-order valence-corrected chi connectivity index (χ2v) is 8.93. The average Bonchev–Trinajstić information content (AvgIpc) is 3.44. The molecule has 2 aliphatic rings. The zero-order chi connectivity index (χ0) is 25.5. The summed E-state index contributed by atoms with van der Waals surface area (Å²) in [5.41, 5.74) is 1.88. The standard InChI is InChI=1S/C20H20Cl2N2O3.C4H4O4/c21-16-2-1-13(9-17(16)22)10-20(26)24-7-4-19-15(5-8-27-19)18(24)12-23-6-3-14(25)11-23;5-3(6)1-2-4(7)8/h1-2,5,8-9,18H,3-4,6-7,10-12H2;1-2H,(H,5,6)(H,7,8)/b;2-1+. The minimum absolute atomic E-state index is 0.0377. The minimum Gasteiger partial charge on any atom is -0.478 e. The molecule has 1 atom stereocenters. The predicted molar refractivity (Wildman–Crippen MR) is 128 cm³/mol. The van der Waals surface area contributed by atoms with E-state index in [2.05, 4.69) is 4.90 Å². The Balaban J connectivity index is 0.000000371. The lowest BCUT2D eigenvalue weighted by Crippen LogP contribution is -2.45. The van der Waals surface area contributed by atoms with Crippen LogP contribution in [0.4, 0.5) is 0 Å². The molecular weight excluding hydrogens is 499 g/mol. The van der Waals surface area contributed by atoms with E-state index in [-0.39, 0.29) is 24.2 Å². The topological polar surface area (TPSA) is 128 Å². The number of halogens is 2. The number of carboxylic acids is 2. The first kappa shape index (κ1) is 26.5. The first-order chi connectivity index (χ1) is 16.6. The van der Waals surface area contributed by atoms with Gasteiger partial charge in [-0.15, -0.1) is 0 Å².